The first-order chi connectivity index (χ1) is 21.3. The van der Waals surface area contributed by atoms with Crippen molar-refractivity contribution >= 4 is 40.8 Å². The number of carbonyl (C=O) groups excluding carboxylic acids is 2. The molecule has 0 saturated carbocycles. The Morgan fingerprint density at radius 2 is 1.75 bits per heavy atom. The molecule has 2 fully saturated rings. The highest BCUT2D eigenvalue weighted by molar-refractivity contribution is 6.02. The molecule has 5 rings (SSSR count). The maximum Gasteiger partial charge on any atom is 0.326 e. The van der Waals surface area contributed by atoms with Crippen molar-refractivity contribution in [2.24, 2.45) is 0 Å². The number of hydrogen-bond donors (Lipinski definition) is 2. The summed E-state index contributed by atoms with van der Waals surface area (Å²) in [6.07, 6.45) is 6.14. The summed E-state index contributed by atoms with van der Waals surface area (Å²) in [5.74, 6) is 1.16. The van der Waals surface area contributed by atoms with Gasteiger partial charge in [-0.05, 0) is 51.9 Å². The van der Waals surface area contributed by atoms with E-state index in [-0.39, 0.29) is 24.0 Å². The van der Waals surface area contributed by atoms with Gasteiger partial charge in [-0.25, -0.2) is 9.78 Å². The van der Waals surface area contributed by atoms with Crippen molar-refractivity contribution in [2.75, 3.05) is 88.2 Å². The van der Waals surface area contributed by atoms with E-state index in [4.69, 9.17) is 19.2 Å². The Hall–Kier alpha value is -3.94. The minimum Gasteiger partial charge on any atom is -0.494 e. The summed E-state index contributed by atoms with van der Waals surface area (Å²) in [5, 5.41) is 6.21. The zero-order valence-corrected chi connectivity index (χ0v) is 26.2. The van der Waals surface area contributed by atoms with Crippen LogP contribution in [0.4, 0.5) is 33.6 Å². The number of fused-ring (bicyclic) bond motifs is 1. The molecule has 2 N–H and O–H groups in total. The van der Waals surface area contributed by atoms with E-state index >= 15 is 0 Å². The number of nitrogens with one attached hydrogen (secondary N) is 2. The third-order valence-corrected chi connectivity index (χ3v) is 8.35. The molecular weight excluding hydrogens is 564 g/mol. The molecule has 3 aliphatic heterocycles. The fourth-order valence-corrected chi connectivity index (χ4v) is 5.84. The smallest absolute Gasteiger partial charge is 0.326 e. The Morgan fingerprint density at radius 3 is 2.39 bits per heavy atom. The second kappa shape index (κ2) is 14.2. The Kier molecular flexibility index (Phi) is 10.2. The molecule has 1 aromatic carbocycles. The second-order valence-corrected chi connectivity index (χ2v) is 11.6. The number of carbonyl (C=O) groups is 2. The van der Waals surface area contributed by atoms with Gasteiger partial charge in [-0.2, -0.15) is 4.98 Å². The highest BCUT2D eigenvalue weighted by Gasteiger charge is 2.40. The fraction of sp³-hybridized carbons (Fsp3) is 0.548. The van der Waals surface area contributed by atoms with Crippen molar-refractivity contribution in [1.82, 2.24) is 19.8 Å². The molecule has 0 atom stereocenters. The Labute approximate surface area is 259 Å². The van der Waals surface area contributed by atoms with E-state index < -0.39 is 0 Å². The molecule has 44 heavy (non-hydrogen) atoms. The minimum atomic E-state index is -0.326. The summed E-state index contributed by atoms with van der Waals surface area (Å²) in [4.78, 5) is 43.9. The summed E-state index contributed by atoms with van der Waals surface area (Å²) < 4.78 is 16.9. The van der Waals surface area contributed by atoms with Crippen molar-refractivity contribution in [3.8, 4) is 5.75 Å². The number of anilines is 5. The maximum absolute atomic E-state index is 14.0. The summed E-state index contributed by atoms with van der Waals surface area (Å²) in [7, 11) is 7.59. The van der Waals surface area contributed by atoms with Crippen molar-refractivity contribution in [3.63, 3.8) is 0 Å². The van der Waals surface area contributed by atoms with E-state index in [2.05, 4.69) is 32.0 Å². The molecule has 2 saturated heterocycles. The van der Waals surface area contributed by atoms with Crippen LogP contribution in [-0.2, 0) is 20.8 Å². The maximum atomic E-state index is 14.0. The molecule has 2 aromatic rings. The minimum absolute atomic E-state index is 0.0207. The van der Waals surface area contributed by atoms with Crippen LogP contribution in [0, 0.1) is 0 Å². The molecule has 0 radical (unpaired) electrons. The van der Waals surface area contributed by atoms with Gasteiger partial charge in [0.25, 0.3) is 0 Å². The van der Waals surface area contributed by atoms with Gasteiger partial charge < -0.3 is 39.5 Å². The standard InChI is InChI=1S/C31H44N8O5/c1-6-28(40)33-24-17-25(27(42-5)18-26(24)37(4)12-11-36(2)3)34-30-32-19-21-20-38(22-7-13-43-14-8-22)31(41)39(29(21)35-30)23-9-15-44-16-10-23/h6,17-19,22-23H,1,7-16,20H2,2-5H3,(H,33,40)(H,32,34,35). The van der Waals surface area contributed by atoms with Crippen LogP contribution < -0.4 is 25.2 Å². The van der Waals surface area contributed by atoms with Crippen molar-refractivity contribution in [1.29, 1.82) is 0 Å². The SMILES string of the molecule is C=CC(=O)Nc1cc(Nc2ncc3c(n2)N(C2CCOCC2)C(=O)N(C2CCOCC2)C3)c(OC)cc1N(C)CCN(C)C. The van der Waals surface area contributed by atoms with Crippen LogP contribution >= 0.6 is 0 Å². The van der Waals surface area contributed by atoms with Gasteiger partial charge in [0.1, 0.15) is 11.6 Å². The number of urea groups is 1. The third-order valence-electron chi connectivity index (χ3n) is 8.35. The second-order valence-electron chi connectivity index (χ2n) is 11.6. The Balaban J connectivity index is 1.48. The van der Waals surface area contributed by atoms with Gasteiger partial charge in [0.2, 0.25) is 11.9 Å². The van der Waals surface area contributed by atoms with E-state index in [1.165, 1.54) is 6.08 Å². The topological polar surface area (TPSA) is 125 Å². The van der Waals surface area contributed by atoms with Crippen molar-refractivity contribution in [2.45, 2.75) is 44.3 Å². The van der Waals surface area contributed by atoms with Gasteiger partial charge in [0, 0.05) is 76.5 Å². The fourth-order valence-electron chi connectivity index (χ4n) is 5.84. The van der Waals surface area contributed by atoms with E-state index in [1.54, 1.807) is 19.4 Å². The number of amides is 3. The molecule has 0 bridgehead atoms. The number of nitrogens with zero attached hydrogens (tertiary/aromatic N) is 6. The molecule has 1 aromatic heterocycles. The molecule has 238 valence electrons. The van der Waals surface area contributed by atoms with Crippen LogP contribution in [-0.4, -0.2) is 112 Å². The van der Waals surface area contributed by atoms with E-state index in [0.717, 1.165) is 50.0 Å². The molecule has 13 nitrogen and oxygen atoms in total. The lowest BCUT2D eigenvalue weighted by molar-refractivity contribution is -0.111. The molecular formula is C31H44N8O5. The van der Waals surface area contributed by atoms with Gasteiger partial charge in [-0.15, -0.1) is 0 Å². The summed E-state index contributed by atoms with van der Waals surface area (Å²) in [6.45, 7) is 8.11. The average Bonchev–Trinajstić information content (AvgIpc) is 3.04. The highest BCUT2D eigenvalue weighted by atomic mass is 16.5. The number of ether oxygens (including phenoxy) is 3. The zero-order valence-electron chi connectivity index (χ0n) is 26.2. The van der Waals surface area contributed by atoms with Gasteiger partial charge in [-0.1, -0.05) is 6.58 Å². The molecule has 0 aliphatic carbocycles. The van der Waals surface area contributed by atoms with Crippen molar-refractivity contribution < 1.29 is 23.8 Å². The predicted molar refractivity (Wildman–Crippen MR) is 170 cm³/mol. The third kappa shape index (κ3) is 7.06. The molecule has 13 heteroatoms. The van der Waals surface area contributed by atoms with Gasteiger partial charge in [-0.3, -0.25) is 9.69 Å². The van der Waals surface area contributed by atoms with Crippen LogP contribution in [0.25, 0.3) is 0 Å². The van der Waals surface area contributed by atoms with Gasteiger partial charge in [0.05, 0.1) is 30.7 Å². The molecule has 0 unspecified atom stereocenters. The van der Waals surface area contributed by atoms with E-state index in [0.29, 0.717) is 61.9 Å². The first kappa shape index (κ1) is 31.5. The lowest BCUT2D eigenvalue weighted by Crippen LogP contribution is -2.57. The molecule has 0 spiro atoms. The van der Waals surface area contributed by atoms with Gasteiger partial charge >= 0.3 is 6.03 Å². The number of methoxy groups -OCH3 is 1. The lowest BCUT2D eigenvalue weighted by Gasteiger charge is -2.44. The summed E-state index contributed by atoms with van der Waals surface area (Å²) in [5.41, 5.74) is 2.85. The lowest BCUT2D eigenvalue weighted by atomic mass is 10.0. The Bertz CT molecular complexity index is 1340. The largest absolute Gasteiger partial charge is 0.494 e. The Morgan fingerprint density at radius 1 is 1.07 bits per heavy atom. The molecule has 3 amide bonds. The van der Waals surface area contributed by atoms with Crippen LogP contribution in [0.5, 0.6) is 5.75 Å². The molecule has 3 aliphatic rings. The number of benzene rings is 1. The van der Waals surface area contributed by atoms with Crippen LogP contribution in [0.2, 0.25) is 0 Å². The summed E-state index contributed by atoms with van der Waals surface area (Å²) >= 11 is 0. The first-order valence-electron chi connectivity index (χ1n) is 15.2. The quantitative estimate of drug-likeness (QED) is 0.367. The first-order valence-corrected chi connectivity index (χ1v) is 15.2. The predicted octanol–water partition coefficient (Wildman–Crippen LogP) is 3.45. The zero-order chi connectivity index (χ0) is 31.2. The highest BCUT2D eigenvalue weighted by Crippen LogP contribution is 2.39. The average molecular weight is 609 g/mol. The number of likely N-dealkylation sites (N-methyl/N-ethyl adjacent to an activating group) is 2. The number of hydrogen-bond acceptors (Lipinski definition) is 10. The van der Waals surface area contributed by atoms with E-state index in [9.17, 15) is 9.59 Å². The van der Waals surface area contributed by atoms with Crippen LogP contribution in [0.3, 0.4) is 0 Å². The van der Waals surface area contributed by atoms with Gasteiger partial charge in [0.15, 0.2) is 0 Å². The number of aromatic nitrogens is 2. The summed E-state index contributed by atoms with van der Waals surface area (Å²) in [6, 6.07) is 3.75. The van der Waals surface area contributed by atoms with Crippen molar-refractivity contribution in [3.05, 3.63) is 36.5 Å². The molecule has 4 heterocycles. The number of rotatable bonds is 11. The van der Waals surface area contributed by atoms with Crippen LogP contribution in [0.1, 0.15) is 31.2 Å². The monoisotopic (exact) mass is 608 g/mol. The normalized spacial score (nSPS) is 17.8. The van der Waals surface area contributed by atoms with E-state index in [1.807, 2.05) is 37.0 Å². The van der Waals surface area contributed by atoms with Crippen LogP contribution in [0.15, 0.2) is 31.0 Å².